The number of rotatable bonds is 5. The topological polar surface area (TPSA) is 91.2 Å². The molecule has 7 heteroatoms. The molecule has 0 saturated carbocycles. The van der Waals surface area contributed by atoms with E-state index in [1.165, 1.54) is 12.1 Å². The van der Waals surface area contributed by atoms with Crippen molar-refractivity contribution < 1.29 is 18.7 Å². The average molecular weight is 383 g/mol. The van der Waals surface area contributed by atoms with Gasteiger partial charge in [0.15, 0.2) is 0 Å². The van der Waals surface area contributed by atoms with E-state index in [9.17, 15) is 14.0 Å². The molecule has 2 N–H and O–H groups in total. The summed E-state index contributed by atoms with van der Waals surface area (Å²) in [4.78, 5) is 24.9. The van der Waals surface area contributed by atoms with E-state index in [1.54, 1.807) is 26.8 Å². The Labute approximate surface area is 163 Å². The van der Waals surface area contributed by atoms with E-state index >= 15 is 0 Å². The fraction of sp³-hybridized carbons (Fsp3) is 0.286. The number of anilines is 1. The van der Waals surface area contributed by atoms with Crippen molar-refractivity contribution in [3.05, 3.63) is 65.5 Å². The second kappa shape index (κ2) is 9.00. The van der Waals surface area contributed by atoms with Crippen LogP contribution in [0.4, 0.5) is 14.9 Å². The molecule has 1 atom stereocenters. The molecule has 146 valence electrons. The molecule has 6 nitrogen and oxygen atoms in total. The van der Waals surface area contributed by atoms with E-state index in [0.717, 1.165) is 11.6 Å². The number of benzene rings is 2. The molecule has 0 spiro atoms. The minimum absolute atomic E-state index is 0.120. The predicted octanol–water partition coefficient (Wildman–Crippen LogP) is 3.77. The maximum Gasteiger partial charge on any atom is 0.408 e. The Kier molecular flexibility index (Phi) is 6.72. The SMILES string of the molecule is CC(C)(C)OC(=O)N[C@@H](Cc1ccccc1)C(=O)Nc1ccc(C#N)c(F)c1. The molecule has 2 rings (SSSR count). The lowest BCUT2D eigenvalue weighted by atomic mass is 10.1. The first-order valence-electron chi connectivity index (χ1n) is 8.72. The first-order valence-corrected chi connectivity index (χ1v) is 8.72. The number of nitriles is 1. The molecule has 2 aromatic rings. The Morgan fingerprint density at radius 3 is 2.43 bits per heavy atom. The minimum Gasteiger partial charge on any atom is -0.444 e. The van der Waals surface area contributed by atoms with Crippen molar-refractivity contribution in [1.29, 1.82) is 5.26 Å². The number of nitrogens with one attached hydrogen (secondary N) is 2. The Morgan fingerprint density at radius 1 is 1.18 bits per heavy atom. The Bertz CT molecular complexity index is 886. The first kappa shape index (κ1) is 20.9. The van der Waals surface area contributed by atoms with Gasteiger partial charge >= 0.3 is 6.09 Å². The molecule has 0 fully saturated rings. The van der Waals surface area contributed by atoms with Crippen LogP contribution in [0.2, 0.25) is 0 Å². The highest BCUT2D eigenvalue weighted by Gasteiger charge is 2.25. The molecule has 0 radical (unpaired) electrons. The summed E-state index contributed by atoms with van der Waals surface area (Å²) in [5, 5.41) is 13.9. The van der Waals surface area contributed by atoms with E-state index in [1.807, 2.05) is 30.3 Å². The van der Waals surface area contributed by atoms with Crippen molar-refractivity contribution in [2.45, 2.75) is 38.8 Å². The number of carbonyl (C=O) groups is 2. The third kappa shape index (κ3) is 6.40. The van der Waals surface area contributed by atoms with Crippen LogP contribution >= 0.6 is 0 Å². The number of carbonyl (C=O) groups excluding carboxylic acids is 2. The largest absolute Gasteiger partial charge is 0.444 e. The van der Waals surface area contributed by atoms with Crippen molar-refractivity contribution >= 4 is 17.7 Å². The zero-order valence-corrected chi connectivity index (χ0v) is 16.0. The van der Waals surface area contributed by atoms with Gasteiger partial charge in [-0.25, -0.2) is 9.18 Å². The maximum absolute atomic E-state index is 13.8. The van der Waals surface area contributed by atoms with Crippen LogP contribution in [0, 0.1) is 17.1 Å². The van der Waals surface area contributed by atoms with Crippen molar-refractivity contribution in [3.63, 3.8) is 0 Å². The third-order valence-electron chi connectivity index (χ3n) is 3.65. The summed E-state index contributed by atoms with van der Waals surface area (Å²) in [5.74, 6) is -1.26. The summed E-state index contributed by atoms with van der Waals surface area (Å²) >= 11 is 0. The van der Waals surface area contributed by atoms with Gasteiger partial charge in [0.05, 0.1) is 5.56 Å². The molecule has 0 heterocycles. The molecule has 0 aromatic heterocycles. The summed E-state index contributed by atoms with van der Waals surface area (Å²) in [6.45, 7) is 5.16. The quantitative estimate of drug-likeness (QED) is 0.822. The average Bonchev–Trinajstić information content (AvgIpc) is 2.60. The van der Waals surface area contributed by atoms with Gasteiger partial charge in [-0.1, -0.05) is 30.3 Å². The number of halogens is 1. The minimum atomic E-state index is -0.934. The molecule has 28 heavy (non-hydrogen) atoms. The molecular weight excluding hydrogens is 361 g/mol. The Hall–Kier alpha value is -3.40. The van der Waals surface area contributed by atoms with Gasteiger partial charge in [0.1, 0.15) is 23.5 Å². The van der Waals surface area contributed by atoms with Crippen LogP contribution in [0.25, 0.3) is 0 Å². The second-order valence-corrected chi connectivity index (χ2v) is 7.18. The molecule has 0 bridgehead atoms. The standard InChI is InChI=1S/C21H22FN3O3/c1-21(2,3)28-20(27)25-18(11-14-7-5-4-6-8-14)19(26)24-16-10-9-15(13-23)17(22)12-16/h4-10,12,18H,11H2,1-3H3,(H,24,26)(H,25,27)/t18-/m0/s1. The van der Waals surface area contributed by atoms with Gasteiger partial charge in [-0.2, -0.15) is 5.26 Å². The van der Waals surface area contributed by atoms with Crippen LogP contribution in [0.5, 0.6) is 0 Å². The van der Waals surface area contributed by atoms with E-state index in [2.05, 4.69) is 10.6 Å². The van der Waals surface area contributed by atoms with Crippen molar-refractivity contribution in [2.75, 3.05) is 5.32 Å². The number of nitrogens with zero attached hydrogens (tertiary/aromatic N) is 1. The molecule has 0 aliphatic rings. The van der Waals surface area contributed by atoms with Crippen LogP contribution in [0.1, 0.15) is 31.9 Å². The Morgan fingerprint density at radius 2 is 1.86 bits per heavy atom. The molecule has 2 amide bonds. The lowest BCUT2D eigenvalue weighted by Gasteiger charge is -2.23. The van der Waals surface area contributed by atoms with Crippen LogP contribution < -0.4 is 10.6 Å². The molecule has 0 saturated heterocycles. The normalized spacial score (nSPS) is 11.8. The monoisotopic (exact) mass is 383 g/mol. The van der Waals surface area contributed by atoms with E-state index < -0.39 is 29.5 Å². The summed E-state index contributed by atoms with van der Waals surface area (Å²) in [7, 11) is 0. The van der Waals surface area contributed by atoms with Gasteiger partial charge in [0.2, 0.25) is 5.91 Å². The zero-order valence-electron chi connectivity index (χ0n) is 16.0. The number of hydrogen-bond donors (Lipinski definition) is 2. The molecule has 0 aliphatic heterocycles. The third-order valence-corrected chi connectivity index (χ3v) is 3.65. The van der Waals surface area contributed by atoms with Crippen LogP contribution in [0.15, 0.2) is 48.5 Å². The summed E-state index contributed by atoms with van der Waals surface area (Å²) in [6, 6.07) is 13.7. The van der Waals surface area contributed by atoms with Crippen molar-refractivity contribution in [1.82, 2.24) is 5.32 Å². The predicted molar refractivity (Wildman–Crippen MR) is 103 cm³/mol. The first-order chi connectivity index (χ1) is 13.2. The highest BCUT2D eigenvalue weighted by molar-refractivity contribution is 5.96. The highest BCUT2D eigenvalue weighted by atomic mass is 19.1. The number of hydrogen-bond acceptors (Lipinski definition) is 4. The lowest BCUT2D eigenvalue weighted by Crippen LogP contribution is -2.47. The van der Waals surface area contributed by atoms with Gasteiger partial charge < -0.3 is 15.4 Å². The lowest BCUT2D eigenvalue weighted by molar-refractivity contribution is -0.118. The number of amides is 2. The van der Waals surface area contributed by atoms with Gasteiger partial charge in [0, 0.05) is 12.1 Å². The van der Waals surface area contributed by atoms with E-state index in [4.69, 9.17) is 10.00 Å². The number of ether oxygens (including phenoxy) is 1. The van der Waals surface area contributed by atoms with Gasteiger partial charge in [-0.3, -0.25) is 4.79 Å². The summed E-state index contributed by atoms with van der Waals surface area (Å²) in [6.07, 6.45) is -0.500. The van der Waals surface area contributed by atoms with Crippen LogP contribution in [0.3, 0.4) is 0 Å². The van der Waals surface area contributed by atoms with Crippen LogP contribution in [-0.2, 0) is 16.0 Å². The smallest absolute Gasteiger partial charge is 0.408 e. The van der Waals surface area contributed by atoms with E-state index in [0.29, 0.717) is 0 Å². The second-order valence-electron chi connectivity index (χ2n) is 7.18. The van der Waals surface area contributed by atoms with Crippen LogP contribution in [-0.4, -0.2) is 23.6 Å². The summed E-state index contributed by atoms with van der Waals surface area (Å²) in [5.41, 5.74) is 0.190. The molecule has 2 aromatic carbocycles. The highest BCUT2D eigenvalue weighted by Crippen LogP contribution is 2.15. The van der Waals surface area contributed by atoms with Gasteiger partial charge in [-0.15, -0.1) is 0 Å². The Balaban J connectivity index is 2.17. The van der Waals surface area contributed by atoms with E-state index in [-0.39, 0.29) is 17.7 Å². The molecular formula is C21H22FN3O3. The molecule has 0 unspecified atom stereocenters. The summed E-state index contributed by atoms with van der Waals surface area (Å²) < 4.78 is 19.0. The van der Waals surface area contributed by atoms with Gasteiger partial charge in [0.25, 0.3) is 0 Å². The number of alkyl carbamates (subject to hydrolysis) is 1. The fourth-order valence-electron chi connectivity index (χ4n) is 2.42. The van der Waals surface area contributed by atoms with Crippen molar-refractivity contribution in [3.8, 4) is 6.07 Å². The molecule has 0 aliphatic carbocycles. The van der Waals surface area contributed by atoms with Crippen molar-refractivity contribution in [2.24, 2.45) is 0 Å². The maximum atomic E-state index is 13.8. The fourth-order valence-corrected chi connectivity index (χ4v) is 2.42. The zero-order chi connectivity index (χ0) is 20.7. The van der Waals surface area contributed by atoms with Gasteiger partial charge in [-0.05, 0) is 44.5 Å².